The number of fused-ring (bicyclic) bond motifs is 3. The average Bonchev–Trinajstić information content (AvgIpc) is 3.33. The first kappa shape index (κ1) is 18.3. The lowest BCUT2D eigenvalue weighted by atomic mass is 9.99. The number of ether oxygens (including phenoxy) is 1. The second kappa shape index (κ2) is 7.61. The Hall–Kier alpha value is -2.71. The minimum absolute atomic E-state index is 0.269. The van der Waals surface area contributed by atoms with Crippen molar-refractivity contribution in [3.8, 4) is 0 Å². The zero-order valence-electron chi connectivity index (χ0n) is 16.8. The molecule has 2 aliphatic heterocycles. The van der Waals surface area contributed by atoms with Crippen LogP contribution in [0.4, 0.5) is 5.82 Å². The number of aromatic nitrogens is 3. The summed E-state index contributed by atoms with van der Waals surface area (Å²) < 4.78 is 5.44. The number of nitrogens with zero attached hydrogens (tertiary/aromatic N) is 5. The van der Waals surface area contributed by atoms with E-state index in [1.165, 1.54) is 5.56 Å². The lowest BCUT2D eigenvalue weighted by Crippen LogP contribution is -2.36. The van der Waals surface area contributed by atoms with Gasteiger partial charge in [-0.15, -0.1) is 0 Å². The van der Waals surface area contributed by atoms with E-state index in [0.717, 1.165) is 79.7 Å². The lowest BCUT2D eigenvalue weighted by Gasteiger charge is -2.26. The molecule has 0 aromatic carbocycles. The summed E-state index contributed by atoms with van der Waals surface area (Å²) in [5.74, 6) is 0.888. The minimum Gasteiger partial charge on any atom is -0.383 e. The number of likely N-dealkylation sites (N-methyl/N-ethyl adjacent to an activating group) is 1. The van der Waals surface area contributed by atoms with E-state index >= 15 is 0 Å². The van der Waals surface area contributed by atoms with Crippen LogP contribution < -0.4 is 5.73 Å². The molecule has 8 heteroatoms. The zero-order valence-corrected chi connectivity index (χ0v) is 16.8. The Morgan fingerprint density at radius 2 is 2.10 bits per heavy atom. The van der Waals surface area contributed by atoms with E-state index in [2.05, 4.69) is 31.0 Å². The Labute approximate surface area is 169 Å². The van der Waals surface area contributed by atoms with Crippen molar-refractivity contribution < 1.29 is 4.74 Å². The maximum absolute atomic E-state index is 6.33. The van der Waals surface area contributed by atoms with Crippen molar-refractivity contribution in [3.05, 3.63) is 29.6 Å². The van der Waals surface area contributed by atoms with E-state index in [1.807, 2.05) is 30.7 Å². The van der Waals surface area contributed by atoms with Crippen molar-refractivity contribution in [1.29, 1.82) is 0 Å². The highest BCUT2D eigenvalue weighted by atomic mass is 16.5. The number of rotatable bonds is 5. The number of nitrogen functional groups attached to an aromatic ring is 1. The summed E-state index contributed by atoms with van der Waals surface area (Å²) in [7, 11) is 1.99. The van der Waals surface area contributed by atoms with Crippen LogP contribution >= 0.6 is 0 Å². The molecule has 152 valence electrons. The molecule has 3 aromatic heterocycles. The van der Waals surface area contributed by atoms with E-state index < -0.39 is 0 Å². The molecule has 0 bridgehead atoms. The van der Waals surface area contributed by atoms with Crippen LogP contribution in [0.1, 0.15) is 23.5 Å². The number of nitrogens with two attached hydrogens (primary N) is 1. The summed E-state index contributed by atoms with van der Waals surface area (Å²) in [5, 5.41) is 8.61. The van der Waals surface area contributed by atoms with Crippen LogP contribution in [-0.2, 0) is 11.2 Å². The van der Waals surface area contributed by atoms with Crippen LogP contribution in [0.15, 0.2) is 23.6 Å². The third kappa shape index (κ3) is 3.54. The predicted molar refractivity (Wildman–Crippen MR) is 115 cm³/mol. The summed E-state index contributed by atoms with van der Waals surface area (Å²) in [6.45, 7) is 5.61. The third-order valence-corrected chi connectivity index (χ3v) is 5.98. The standard InChI is InChI=1S/C21H27N7O/c1-27-13-15(11-25-27)14-9-17-19-16(3-2-4-28-5-7-29-8-6-28)20(22)23-12-18(19)26-21(17)24-10-14/h9-12,15H,2-8,13H2,1H3,(H2,22,23)(H,24,26). The fourth-order valence-corrected chi connectivity index (χ4v) is 4.39. The molecule has 0 amide bonds. The predicted octanol–water partition coefficient (Wildman–Crippen LogP) is 1.97. The van der Waals surface area contributed by atoms with Gasteiger partial charge in [-0.1, -0.05) is 0 Å². The smallest absolute Gasteiger partial charge is 0.138 e. The summed E-state index contributed by atoms with van der Waals surface area (Å²) in [6, 6.07) is 2.24. The number of nitrogens with one attached hydrogen (secondary N) is 1. The molecule has 5 rings (SSSR count). The van der Waals surface area contributed by atoms with Gasteiger partial charge in [0.1, 0.15) is 11.5 Å². The number of H-pyrrole nitrogens is 1. The molecule has 0 spiro atoms. The van der Waals surface area contributed by atoms with Crippen molar-refractivity contribution >= 4 is 34.0 Å². The molecule has 0 aliphatic carbocycles. The van der Waals surface area contributed by atoms with Gasteiger partial charge in [-0.3, -0.25) is 9.91 Å². The second-order valence-electron chi connectivity index (χ2n) is 7.97. The maximum Gasteiger partial charge on any atom is 0.138 e. The van der Waals surface area contributed by atoms with Crippen molar-refractivity contribution in [1.82, 2.24) is 24.9 Å². The first-order valence-electron chi connectivity index (χ1n) is 10.3. The average molecular weight is 393 g/mol. The topological polar surface area (TPSA) is 95.7 Å². The number of morpholine rings is 1. The van der Waals surface area contributed by atoms with Crippen LogP contribution in [0.3, 0.4) is 0 Å². The first-order chi connectivity index (χ1) is 14.2. The Kier molecular flexibility index (Phi) is 4.81. The normalized spacial score (nSPS) is 20.3. The van der Waals surface area contributed by atoms with Gasteiger partial charge in [-0.2, -0.15) is 5.10 Å². The van der Waals surface area contributed by atoms with Crippen molar-refractivity contribution in [2.45, 2.75) is 18.8 Å². The van der Waals surface area contributed by atoms with Gasteiger partial charge in [0, 0.05) is 61.3 Å². The lowest BCUT2D eigenvalue weighted by molar-refractivity contribution is 0.0375. The van der Waals surface area contributed by atoms with Crippen molar-refractivity contribution in [2.75, 3.05) is 52.2 Å². The Morgan fingerprint density at radius 1 is 1.24 bits per heavy atom. The zero-order chi connectivity index (χ0) is 19.8. The number of hydrogen-bond donors (Lipinski definition) is 2. The van der Waals surface area contributed by atoms with Crippen LogP contribution in [0.25, 0.3) is 21.9 Å². The molecule has 1 saturated heterocycles. The number of aromatic amines is 1. The molecule has 2 aliphatic rings. The highest BCUT2D eigenvalue weighted by Crippen LogP contribution is 2.32. The quantitative estimate of drug-likeness (QED) is 0.688. The minimum atomic E-state index is 0.269. The van der Waals surface area contributed by atoms with Crippen LogP contribution in [0, 0.1) is 0 Å². The van der Waals surface area contributed by atoms with Crippen LogP contribution in [0.5, 0.6) is 0 Å². The van der Waals surface area contributed by atoms with Gasteiger partial charge in [-0.05, 0) is 31.0 Å². The summed E-state index contributed by atoms with van der Waals surface area (Å²) in [6.07, 6.45) is 7.71. The van der Waals surface area contributed by atoms with E-state index in [0.29, 0.717) is 5.82 Å². The SMILES string of the molecule is CN1CC(c2cnc3[nH]c4cnc(N)c(CCCN5CCOCC5)c4c3c2)C=N1. The molecular formula is C21H27N7O. The highest BCUT2D eigenvalue weighted by molar-refractivity contribution is 6.08. The first-order valence-corrected chi connectivity index (χ1v) is 10.3. The second-order valence-corrected chi connectivity index (χ2v) is 7.97. The highest BCUT2D eigenvalue weighted by Gasteiger charge is 2.20. The monoisotopic (exact) mass is 393 g/mol. The summed E-state index contributed by atoms with van der Waals surface area (Å²) in [4.78, 5) is 15.0. The molecule has 8 nitrogen and oxygen atoms in total. The molecule has 1 atom stereocenters. The number of hydrogen-bond acceptors (Lipinski definition) is 7. The van der Waals surface area contributed by atoms with Crippen molar-refractivity contribution in [2.24, 2.45) is 5.10 Å². The molecular weight excluding hydrogens is 366 g/mol. The van der Waals surface area contributed by atoms with Gasteiger partial charge in [0.2, 0.25) is 0 Å². The van der Waals surface area contributed by atoms with Crippen molar-refractivity contribution in [3.63, 3.8) is 0 Å². The number of hydrazone groups is 1. The van der Waals surface area contributed by atoms with E-state index in [4.69, 9.17) is 10.5 Å². The number of anilines is 1. The fraction of sp³-hybridized carbons (Fsp3) is 0.476. The molecule has 0 saturated carbocycles. The van der Waals surface area contributed by atoms with E-state index in [1.54, 1.807) is 0 Å². The molecule has 29 heavy (non-hydrogen) atoms. The summed E-state index contributed by atoms with van der Waals surface area (Å²) >= 11 is 0. The largest absolute Gasteiger partial charge is 0.383 e. The number of aryl methyl sites for hydroxylation is 1. The Bertz CT molecular complexity index is 1050. The van der Waals surface area contributed by atoms with Gasteiger partial charge >= 0.3 is 0 Å². The molecule has 3 N–H and O–H groups in total. The fourth-order valence-electron chi connectivity index (χ4n) is 4.39. The third-order valence-electron chi connectivity index (χ3n) is 5.98. The Balaban J connectivity index is 1.47. The van der Waals surface area contributed by atoms with Gasteiger partial charge in [-0.25, -0.2) is 9.97 Å². The van der Waals surface area contributed by atoms with Gasteiger partial charge < -0.3 is 15.5 Å². The van der Waals surface area contributed by atoms with Crippen LogP contribution in [0.2, 0.25) is 0 Å². The number of pyridine rings is 2. The molecule has 1 fully saturated rings. The molecule has 3 aromatic rings. The van der Waals surface area contributed by atoms with Gasteiger partial charge in [0.25, 0.3) is 0 Å². The van der Waals surface area contributed by atoms with E-state index in [-0.39, 0.29) is 5.92 Å². The van der Waals surface area contributed by atoms with E-state index in [9.17, 15) is 0 Å². The molecule has 5 heterocycles. The van der Waals surface area contributed by atoms with Gasteiger partial charge in [0.05, 0.1) is 24.9 Å². The molecule has 0 radical (unpaired) electrons. The van der Waals surface area contributed by atoms with Crippen LogP contribution in [-0.4, -0.2) is 77.5 Å². The van der Waals surface area contributed by atoms with Gasteiger partial charge in [0.15, 0.2) is 0 Å². The molecule has 1 unspecified atom stereocenters. The Morgan fingerprint density at radius 3 is 2.90 bits per heavy atom. The summed E-state index contributed by atoms with van der Waals surface area (Å²) in [5.41, 5.74) is 10.5. The maximum atomic E-state index is 6.33.